The second kappa shape index (κ2) is 8.61. The van der Waals surface area contributed by atoms with Gasteiger partial charge in [-0.3, -0.25) is 0 Å². The summed E-state index contributed by atoms with van der Waals surface area (Å²) in [7, 11) is 0. The number of fused-ring (bicyclic) bond motifs is 4. The molecular formula is C37H28. The molecule has 0 radical (unpaired) electrons. The minimum absolute atomic E-state index is 0.371. The highest BCUT2D eigenvalue weighted by atomic mass is 14.5. The fourth-order valence-electron chi connectivity index (χ4n) is 6.53. The van der Waals surface area contributed by atoms with Crippen molar-refractivity contribution >= 4 is 10.8 Å². The van der Waals surface area contributed by atoms with Gasteiger partial charge in [-0.1, -0.05) is 140 Å². The van der Waals surface area contributed by atoms with Gasteiger partial charge >= 0.3 is 0 Å². The molecular weight excluding hydrogens is 444 g/mol. The molecule has 6 aromatic carbocycles. The summed E-state index contributed by atoms with van der Waals surface area (Å²) in [6.45, 7) is 2.24. The van der Waals surface area contributed by atoms with Crippen LogP contribution in [0.1, 0.15) is 34.7 Å². The second-order valence-corrected chi connectivity index (χ2v) is 9.96. The van der Waals surface area contributed by atoms with E-state index in [4.69, 9.17) is 0 Å². The third-order valence-electron chi connectivity index (χ3n) is 8.16. The van der Waals surface area contributed by atoms with E-state index in [2.05, 4.69) is 146 Å². The molecule has 1 aliphatic carbocycles. The highest BCUT2D eigenvalue weighted by Gasteiger charge is 2.46. The maximum absolute atomic E-state index is 2.46. The number of aryl methyl sites for hydroxylation is 1. The van der Waals surface area contributed by atoms with E-state index in [1.807, 2.05) is 0 Å². The van der Waals surface area contributed by atoms with E-state index in [0.29, 0.717) is 0 Å². The van der Waals surface area contributed by atoms with Gasteiger partial charge in [0.2, 0.25) is 0 Å². The zero-order chi connectivity index (χ0) is 24.8. The number of hydrogen-bond donors (Lipinski definition) is 0. The van der Waals surface area contributed by atoms with Crippen molar-refractivity contribution in [3.8, 4) is 22.3 Å². The van der Waals surface area contributed by atoms with Gasteiger partial charge in [0, 0.05) is 0 Å². The number of hydrogen-bond acceptors (Lipinski definition) is 0. The van der Waals surface area contributed by atoms with Crippen LogP contribution in [0.4, 0.5) is 0 Å². The minimum atomic E-state index is -0.371. The van der Waals surface area contributed by atoms with Crippen LogP contribution in [0.2, 0.25) is 0 Å². The molecule has 0 fully saturated rings. The molecule has 0 aromatic heterocycles. The van der Waals surface area contributed by atoms with E-state index in [1.54, 1.807) is 0 Å². The van der Waals surface area contributed by atoms with Gasteiger partial charge in [0.1, 0.15) is 0 Å². The molecule has 6 aromatic rings. The Morgan fingerprint density at radius 3 is 1.73 bits per heavy atom. The summed E-state index contributed by atoms with van der Waals surface area (Å²) < 4.78 is 0. The molecule has 37 heavy (non-hydrogen) atoms. The van der Waals surface area contributed by atoms with E-state index in [-0.39, 0.29) is 5.41 Å². The predicted octanol–water partition coefficient (Wildman–Crippen LogP) is 9.43. The molecule has 0 heterocycles. The second-order valence-electron chi connectivity index (χ2n) is 9.96. The molecule has 0 aliphatic heterocycles. The molecule has 0 unspecified atom stereocenters. The summed E-state index contributed by atoms with van der Waals surface area (Å²) in [5.41, 5.74) is 11.5. The van der Waals surface area contributed by atoms with Crippen LogP contribution in [0.25, 0.3) is 33.0 Å². The van der Waals surface area contributed by atoms with Gasteiger partial charge in [0.25, 0.3) is 0 Å². The summed E-state index contributed by atoms with van der Waals surface area (Å²) in [6.07, 6.45) is 1.03. The highest BCUT2D eigenvalue weighted by Crippen LogP contribution is 2.56. The van der Waals surface area contributed by atoms with Gasteiger partial charge in [-0.25, -0.2) is 0 Å². The fourth-order valence-corrected chi connectivity index (χ4v) is 6.53. The van der Waals surface area contributed by atoms with Crippen molar-refractivity contribution in [3.05, 3.63) is 167 Å². The Bertz CT molecular complexity index is 1700. The molecule has 0 heteroatoms. The molecule has 0 nitrogen and oxygen atoms in total. The molecule has 1 aliphatic rings. The first kappa shape index (κ1) is 21.8. The Labute approximate surface area is 218 Å². The van der Waals surface area contributed by atoms with Gasteiger partial charge in [0.15, 0.2) is 0 Å². The monoisotopic (exact) mass is 472 g/mol. The Balaban J connectivity index is 1.57. The van der Waals surface area contributed by atoms with Gasteiger partial charge in [-0.2, -0.15) is 0 Å². The summed E-state index contributed by atoms with van der Waals surface area (Å²) in [5, 5.41) is 2.67. The van der Waals surface area contributed by atoms with Gasteiger partial charge in [-0.15, -0.1) is 0 Å². The van der Waals surface area contributed by atoms with Crippen molar-refractivity contribution in [1.29, 1.82) is 0 Å². The maximum Gasteiger partial charge on any atom is 0.0713 e. The fraction of sp³-hybridized carbons (Fsp3) is 0.0811. The number of benzene rings is 6. The van der Waals surface area contributed by atoms with Crippen molar-refractivity contribution < 1.29 is 0 Å². The molecule has 0 saturated carbocycles. The summed E-state index contributed by atoms with van der Waals surface area (Å²) in [4.78, 5) is 0. The summed E-state index contributed by atoms with van der Waals surface area (Å²) in [6, 6.07) is 51.6. The molecule has 0 spiro atoms. The lowest BCUT2D eigenvalue weighted by molar-refractivity contribution is 0.769. The molecule has 0 bridgehead atoms. The maximum atomic E-state index is 2.46. The third-order valence-corrected chi connectivity index (χ3v) is 8.16. The Morgan fingerprint density at radius 2 is 1.03 bits per heavy atom. The Hall–Kier alpha value is -4.42. The zero-order valence-corrected chi connectivity index (χ0v) is 21.0. The molecule has 0 N–H and O–H groups in total. The SMILES string of the molecule is CCc1ccc(-c2ccc3c(c2)C(c2ccccc2)(c2ccccc2)c2ccccc2-3)c2ccccc12. The smallest absolute Gasteiger partial charge is 0.0622 e. The van der Waals surface area contributed by atoms with Crippen LogP contribution in [0.5, 0.6) is 0 Å². The lowest BCUT2D eigenvalue weighted by atomic mass is 9.67. The topological polar surface area (TPSA) is 0 Å². The molecule has 0 amide bonds. The Morgan fingerprint density at radius 1 is 0.459 bits per heavy atom. The van der Waals surface area contributed by atoms with Crippen molar-refractivity contribution in [3.63, 3.8) is 0 Å². The van der Waals surface area contributed by atoms with Gasteiger partial charge < -0.3 is 0 Å². The van der Waals surface area contributed by atoms with Crippen LogP contribution in [0, 0.1) is 0 Å². The van der Waals surface area contributed by atoms with E-state index in [0.717, 1.165) is 6.42 Å². The van der Waals surface area contributed by atoms with E-state index in [1.165, 1.54) is 60.8 Å². The Kier molecular flexibility index (Phi) is 5.08. The van der Waals surface area contributed by atoms with Crippen molar-refractivity contribution in [1.82, 2.24) is 0 Å². The van der Waals surface area contributed by atoms with Crippen molar-refractivity contribution in [2.45, 2.75) is 18.8 Å². The average Bonchev–Trinajstić information content (AvgIpc) is 3.28. The predicted molar refractivity (Wildman–Crippen MR) is 156 cm³/mol. The minimum Gasteiger partial charge on any atom is -0.0622 e. The average molecular weight is 473 g/mol. The number of rotatable bonds is 4. The van der Waals surface area contributed by atoms with Crippen LogP contribution in [-0.4, -0.2) is 0 Å². The van der Waals surface area contributed by atoms with E-state index in [9.17, 15) is 0 Å². The normalized spacial score (nSPS) is 13.3. The quantitative estimate of drug-likeness (QED) is 0.239. The standard InChI is InChI=1S/C37H28/c1-2-26-21-23-31(32-18-10-9-17-30(26)32)27-22-24-34-33-19-11-12-20-35(33)37(36(34)25-27,28-13-5-3-6-14-28)29-15-7-4-8-16-29/h3-25H,2H2,1H3. The first-order chi connectivity index (χ1) is 18.3. The molecule has 0 saturated heterocycles. The summed E-state index contributed by atoms with van der Waals surface area (Å²) in [5.74, 6) is 0. The summed E-state index contributed by atoms with van der Waals surface area (Å²) >= 11 is 0. The van der Waals surface area contributed by atoms with E-state index >= 15 is 0 Å². The van der Waals surface area contributed by atoms with Crippen LogP contribution in [0.15, 0.2) is 140 Å². The molecule has 176 valence electrons. The van der Waals surface area contributed by atoms with Crippen molar-refractivity contribution in [2.75, 3.05) is 0 Å². The third kappa shape index (κ3) is 3.16. The molecule has 0 atom stereocenters. The van der Waals surface area contributed by atoms with Crippen molar-refractivity contribution in [2.24, 2.45) is 0 Å². The van der Waals surface area contributed by atoms with Crippen LogP contribution < -0.4 is 0 Å². The highest BCUT2D eigenvalue weighted by molar-refractivity contribution is 5.99. The van der Waals surface area contributed by atoms with Crippen LogP contribution in [0.3, 0.4) is 0 Å². The van der Waals surface area contributed by atoms with Crippen LogP contribution in [-0.2, 0) is 11.8 Å². The van der Waals surface area contributed by atoms with Gasteiger partial charge in [-0.05, 0) is 73.3 Å². The zero-order valence-electron chi connectivity index (χ0n) is 21.0. The van der Waals surface area contributed by atoms with E-state index < -0.39 is 0 Å². The van der Waals surface area contributed by atoms with Crippen LogP contribution >= 0.6 is 0 Å². The molecule has 7 rings (SSSR count). The lowest BCUT2D eigenvalue weighted by Crippen LogP contribution is -2.28. The lowest BCUT2D eigenvalue weighted by Gasteiger charge is -2.34. The largest absolute Gasteiger partial charge is 0.0713 e. The first-order valence-electron chi connectivity index (χ1n) is 13.2. The van der Waals surface area contributed by atoms with Gasteiger partial charge in [0.05, 0.1) is 5.41 Å². The first-order valence-corrected chi connectivity index (χ1v) is 13.2.